The molecule has 3 nitrogen and oxygen atoms in total. The zero-order valence-corrected chi connectivity index (χ0v) is 12.8. The van der Waals surface area contributed by atoms with Gasteiger partial charge in [0, 0.05) is 18.3 Å². The van der Waals surface area contributed by atoms with Gasteiger partial charge in [0.25, 0.3) is 0 Å². The minimum atomic E-state index is -3.02. The third-order valence-electron chi connectivity index (χ3n) is 3.23. The standard InChI is InChI=1S/C14H21F2NO2S/c1-4-20(18,19)9-11(3)17-8-10(2)12-5-6-13(15)14(16)7-12/h5-7,10-11,17H,4,8-9H2,1-3H3. The lowest BCUT2D eigenvalue weighted by Gasteiger charge is -2.18. The minimum absolute atomic E-state index is 0.0307. The van der Waals surface area contributed by atoms with Gasteiger partial charge in [-0.1, -0.05) is 19.9 Å². The van der Waals surface area contributed by atoms with Crippen LogP contribution in [0, 0.1) is 11.6 Å². The second-order valence-electron chi connectivity index (χ2n) is 5.08. The Morgan fingerprint density at radius 1 is 1.20 bits per heavy atom. The number of rotatable bonds is 7. The fraction of sp³-hybridized carbons (Fsp3) is 0.571. The van der Waals surface area contributed by atoms with E-state index >= 15 is 0 Å². The Labute approximate surface area is 119 Å². The SMILES string of the molecule is CCS(=O)(=O)CC(C)NCC(C)c1ccc(F)c(F)c1. The molecule has 1 N–H and O–H groups in total. The largest absolute Gasteiger partial charge is 0.313 e. The van der Waals surface area contributed by atoms with E-state index in [4.69, 9.17) is 0 Å². The van der Waals surface area contributed by atoms with Crippen LogP contribution >= 0.6 is 0 Å². The van der Waals surface area contributed by atoms with Gasteiger partial charge < -0.3 is 5.32 Å². The van der Waals surface area contributed by atoms with E-state index in [1.807, 2.05) is 6.92 Å². The molecule has 114 valence electrons. The monoisotopic (exact) mass is 305 g/mol. The first-order valence-corrected chi connectivity index (χ1v) is 8.46. The summed E-state index contributed by atoms with van der Waals surface area (Å²) in [7, 11) is -3.02. The van der Waals surface area contributed by atoms with Crippen LogP contribution in [0.15, 0.2) is 18.2 Å². The molecule has 0 saturated carbocycles. The van der Waals surface area contributed by atoms with E-state index < -0.39 is 21.5 Å². The van der Waals surface area contributed by atoms with E-state index in [1.165, 1.54) is 12.1 Å². The van der Waals surface area contributed by atoms with Crippen molar-refractivity contribution in [3.05, 3.63) is 35.4 Å². The van der Waals surface area contributed by atoms with Gasteiger partial charge in [-0.3, -0.25) is 0 Å². The Morgan fingerprint density at radius 3 is 2.40 bits per heavy atom. The van der Waals surface area contributed by atoms with Crippen LogP contribution in [0.1, 0.15) is 32.3 Å². The Kier molecular flexibility index (Phi) is 6.07. The maximum Gasteiger partial charge on any atom is 0.159 e. The summed E-state index contributed by atoms with van der Waals surface area (Å²) in [6.45, 7) is 5.79. The second-order valence-corrected chi connectivity index (χ2v) is 7.48. The zero-order valence-electron chi connectivity index (χ0n) is 12.0. The molecule has 2 atom stereocenters. The molecule has 6 heteroatoms. The molecular weight excluding hydrogens is 284 g/mol. The number of halogens is 2. The van der Waals surface area contributed by atoms with Crippen molar-refractivity contribution in [3.8, 4) is 0 Å². The summed E-state index contributed by atoms with van der Waals surface area (Å²) < 4.78 is 48.9. The van der Waals surface area contributed by atoms with Crippen LogP contribution in [0.3, 0.4) is 0 Å². The predicted molar refractivity (Wildman–Crippen MR) is 76.6 cm³/mol. The smallest absolute Gasteiger partial charge is 0.159 e. The fourth-order valence-electron chi connectivity index (χ4n) is 1.87. The van der Waals surface area contributed by atoms with E-state index in [0.29, 0.717) is 12.1 Å². The van der Waals surface area contributed by atoms with Gasteiger partial charge in [-0.05, 0) is 30.5 Å². The Bertz CT molecular complexity index is 546. The topological polar surface area (TPSA) is 46.2 Å². The molecule has 2 unspecified atom stereocenters. The second kappa shape index (κ2) is 7.13. The van der Waals surface area contributed by atoms with E-state index in [9.17, 15) is 17.2 Å². The summed E-state index contributed by atoms with van der Waals surface area (Å²) in [6, 6.07) is 3.65. The molecule has 0 amide bonds. The quantitative estimate of drug-likeness (QED) is 0.842. The third kappa shape index (κ3) is 5.17. The number of benzene rings is 1. The predicted octanol–water partition coefficient (Wildman–Crippen LogP) is 2.48. The molecule has 0 aliphatic heterocycles. The highest BCUT2D eigenvalue weighted by molar-refractivity contribution is 7.91. The Hall–Kier alpha value is -1.01. The molecule has 0 radical (unpaired) electrons. The number of nitrogens with one attached hydrogen (secondary N) is 1. The van der Waals surface area contributed by atoms with Gasteiger partial charge in [-0.25, -0.2) is 17.2 Å². The summed E-state index contributed by atoms with van der Waals surface area (Å²) >= 11 is 0. The van der Waals surface area contributed by atoms with Crippen LogP contribution in [-0.2, 0) is 9.84 Å². The van der Waals surface area contributed by atoms with Crippen LogP contribution in [0.4, 0.5) is 8.78 Å². The molecule has 1 aromatic rings. The van der Waals surface area contributed by atoms with Gasteiger partial charge in [0.05, 0.1) is 5.75 Å². The summed E-state index contributed by atoms with van der Waals surface area (Å²) in [4.78, 5) is 0. The number of hydrogen-bond donors (Lipinski definition) is 1. The van der Waals surface area contributed by atoms with Crippen molar-refractivity contribution in [3.63, 3.8) is 0 Å². The summed E-state index contributed by atoms with van der Waals surface area (Å²) in [5, 5.41) is 3.11. The molecular formula is C14H21F2NO2S. The van der Waals surface area contributed by atoms with Crippen molar-refractivity contribution in [1.29, 1.82) is 0 Å². The molecule has 0 aromatic heterocycles. The van der Waals surface area contributed by atoms with Crippen LogP contribution < -0.4 is 5.32 Å². The first-order chi connectivity index (χ1) is 9.25. The molecule has 0 heterocycles. The van der Waals surface area contributed by atoms with Crippen LogP contribution in [0.5, 0.6) is 0 Å². The van der Waals surface area contributed by atoms with Gasteiger partial charge in [-0.2, -0.15) is 0 Å². The molecule has 1 rings (SSSR count). The van der Waals surface area contributed by atoms with Gasteiger partial charge >= 0.3 is 0 Å². The van der Waals surface area contributed by atoms with Crippen molar-refractivity contribution >= 4 is 9.84 Å². The number of sulfone groups is 1. The molecule has 0 aliphatic rings. The van der Waals surface area contributed by atoms with Gasteiger partial charge in [0.2, 0.25) is 0 Å². The lowest BCUT2D eigenvalue weighted by molar-refractivity contribution is 0.501. The highest BCUT2D eigenvalue weighted by Crippen LogP contribution is 2.17. The molecule has 0 saturated heterocycles. The lowest BCUT2D eigenvalue weighted by atomic mass is 10.0. The van der Waals surface area contributed by atoms with Crippen molar-refractivity contribution in [1.82, 2.24) is 5.32 Å². The fourth-order valence-corrected chi connectivity index (χ4v) is 2.99. The van der Waals surface area contributed by atoms with Crippen LogP contribution in [-0.4, -0.2) is 32.5 Å². The summed E-state index contributed by atoms with van der Waals surface area (Å²) in [6.07, 6.45) is 0. The van der Waals surface area contributed by atoms with Gasteiger partial charge in [0.1, 0.15) is 0 Å². The highest BCUT2D eigenvalue weighted by Gasteiger charge is 2.15. The van der Waals surface area contributed by atoms with Crippen molar-refractivity contribution in [2.24, 2.45) is 0 Å². The van der Waals surface area contributed by atoms with Gasteiger partial charge in [-0.15, -0.1) is 0 Å². The molecule has 0 fully saturated rings. The molecule has 0 aliphatic carbocycles. The Balaban J connectivity index is 2.54. The average molecular weight is 305 g/mol. The van der Waals surface area contributed by atoms with Crippen molar-refractivity contribution in [2.45, 2.75) is 32.7 Å². The maximum absolute atomic E-state index is 13.1. The average Bonchev–Trinajstić information content (AvgIpc) is 2.38. The zero-order chi connectivity index (χ0) is 15.3. The van der Waals surface area contributed by atoms with Crippen LogP contribution in [0.2, 0.25) is 0 Å². The molecule has 1 aromatic carbocycles. The molecule has 20 heavy (non-hydrogen) atoms. The van der Waals surface area contributed by atoms with Gasteiger partial charge in [0.15, 0.2) is 21.5 Å². The minimum Gasteiger partial charge on any atom is -0.313 e. The molecule has 0 spiro atoms. The molecule has 0 bridgehead atoms. The lowest BCUT2D eigenvalue weighted by Crippen LogP contribution is -2.35. The van der Waals surface area contributed by atoms with E-state index in [-0.39, 0.29) is 23.5 Å². The normalized spacial score (nSPS) is 15.1. The maximum atomic E-state index is 13.1. The first-order valence-electron chi connectivity index (χ1n) is 6.64. The number of hydrogen-bond acceptors (Lipinski definition) is 3. The van der Waals surface area contributed by atoms with Crippen molar-refractivity contribution in [2.75, 3.05) is 18.1 Å². The van der Waals surface area contributed by atoms with Crippen LogP contribution in [0.25, 0.3) is 0 Å². The van der Waals surface area contributed by atoms with E-state index in [0.717, 1.165) is 6.07 Å². The highest BCUT2D eigenvalue weighted by atomic mass is 32.2. The Morgan fingerprint density at radius 2 is 1.85 bits per heavy atom. The van der Waals surface area contributed by atoms with Crippen molar-refractivity contribution < 1.29 is 17.2 Å². The third-order valence-corrected chi connectivity index (χ3v) is 5.12. The summed E-state index contributed by atoms with van der Waals surface area (Å²) in [5.41, 5.74) is 0.682. The summed E-state index contributed by atoms with van der Waals surface area (Å²) in [5.74, 6) is -1.56. The first kappa shape index (κ1) is 17.0. The van der Waals surface area contributed by atoms with E-state index in [2.05, 4.69) is 5.32 Å². The van der Waals surface area contributed by atoms with E-state index in [1.54, 1.807) is 13.8 Å².